The van der Waals surface area contributed by atoms with E-state index in [4.69, 9.17) is 0 Å². The van der Waals surface area contributed by atoms with E-state index in [0.29, 0.717) is 5.41 Å². The maximum Gasteiger partial charge on any atom is 0.318 e. The summed E-state index contributed by atoms with van der Waals surface area (Å²) >= 11 is 0. The molecule has 1 aliphatic heterocycles. The van der Waals surface area contributed by atoms with Crippen molar-refractivity contribution in [1.29, 1.82) is 0 Å². The molecule has 0 radical (unpaired) electrons. The Labute approximate surface area is 132 Å². The van der Waals surface area contributed by atoms with Crippen molar-refractivity contribution in [1.82, 2.24) is 15.5 Å². The summed E-state index contributed by atoms with van der Waals surface area (Å²) in [6.07, 6.45) is 10.9. The average Bonchev–Trinajstić information content (AvgIpc) is 3.30. The van der Waals surface area contributed by atoms with Crippen molar-refractivity contribution in [3.05, 3.63) is 0 Å². The summed E-state index contributed by atoms with van der Waals surface area (Å²) in [6.45, 7) is 1.04. The van der Waals surface area contributed by atoms with Crippen LogP contribution >= 0.6 is 0 Å². The Morgan fingerprint density at radius 1 is 1.18 bits per heavy atom. The van der Waals surface area contributed by atoms with Crippen LogP contribution in [0.25, 0.3) is 0 Å². The number of urea groups is 1. The minimum atomic E-state index is -0.0151. The van der Waals surface area contributed by atoms with Gasteiger partial charge in [0.15, 0.2) is 0 Å². The molecule has 0 aromatic heterocycles. The number of piperazine rings is 1. The highest BCUT2D eigenvalue weighted by Gasteiger charge is 2.49. The summed E-state index contributed by atoms with van der Waals surface area (Å²) < 4.78 is 0. The first-order valence-corrected chi connectivity index (χ1v) is 9.02. The van der Waals surface area contributed by atoms with Crippen molar-refractivity contribution < 1.29 is 9.59 Å². The van der Waals surface area contributed by atoms with E-state index in [1.54, 1.807) is 0 Å². The van der Waals surface area contributed by atoms with Gasteiger partial charge in [0.25, 0.3) is 0 Å². The van der Waals surface area contributed by atoms with Gasteiger partial charge in [0.2, 0.25) is 5.91 Å². The molecule has 0 aromatic rings. The Kier molecular flexibility index (Phi) is 3.54. The summed E-state index contributed by atoms with van der Waals surface area (Å²) in [4.78, 5) is 26.4. The molecular weight excluding hydrogens is 278 g/mol. The summed E-state index contributed by atoms with van der Waals surface area (Å²) in [5.41, 5.74) is 0.389. The molecule has 22 heavy (non-hydrogen) atoms. The Morgan fingerprint density at radius 2 is 1.95 bits per heavy atom. The second kappa shape index (κ2) is 5.43. The first kappa shape index (κ1) is 14.3. The molecule has 2 atom stereocenters. The maximum atomic E-state index is 12.7. The monoisotopic (exact) mass is 305 g/mol. The Bertz CT molecular complexity index is 471. The molecule has 1 saturated heterocycles. The van der Waals surface area contributed by atoms with E-state index in [2.05, 4.69) is 10.6 Å². The third-order valence-corrected chi connectivity index (χ3v) is 6.44. The standard InChI is InChI=1S/C17H27N3O2/c21-15-10-20(14-5-2-1-4-13(14)19-15)16(22)18-11-17(8-3-9-17)12-6-7-12/h12-14H,1-11H2,(H,18,22)(H,19,21)/t13-,14+/m0/s1. The van der Waals surface area contributed by atoms with Gasteiger partial charge in [0.1, 0.15) is 6.54 Å². The number of nitrogens with one attached hydrogen (secondary N) is 2. The molecule has 3 saturated carbocycles. The number of carbonyl (C=O) groups is 2. The van der Waals surface area contributed by atoms with Crippen LogP contribution in [0.1, 0.15) is 57.8 Å². The van der Waals surface area contributed by atoms with E-state index in [1.165, 1.54) is 32.1 Å². The Hall–Kier alpha value is -1.26. The van der Waals surface area contributed by atoms with Crippen LogP contribution in [0, 0.1) is 11.3 Å². The van der Waals surface area contributed by atoms with Crippen LogP contribution in [0.15, 0.2) is 0 Å². The molecule has 5 nitrogen and oxygen atoms in total. The maximum absolute atomic E-state index is 12.7. The molecular formula is C17H27N3O2. The molecule has 2 N–H and O–H groups in total. The Morgan fingerprint density at radius 3 is 2.64 bits per heavy atom. The lowest BCUT2D eigenvalue weighted by atomic mass is 9.65. The number of nitrogens with zero attached hydrogens (tertiary/aromatic N) is 1. The molecule has 3 aliphatic carbocycles. The molecule has 0 unspecified atom stereocenters. The average molecular weight is 305 g/mol. The molecule has 4 aliphatic rings. The van der Waals surface area contributed by atoms with Gasteiger partial charge in [-0.05, 0) is 49.9 Å². The van der Waals surface area contributed by atoms with Crippen LogP contribution in [0.5, 0.6) is 0 Å². The molecule has 122 valence electrons. The van der Waals surface area contributed by atoms with Crippen molar-refractivity contribution in [3.8, 4) is 0 Å². The normalized spacial score (nSPS) is 33.5. The van der Waals surface area contributed by atoms with Crippen molar-refractivity contribution in [2.75, 3.05) is 13.1 Å². The zero-order valence-corrected chi connectivity index (χ0v) is 13.3. The second-order valence-corrected chi connectivity index (χ2v) is 7.80. The zero-order valence-electron chi connectivity index (χ0n) is 13.3. The molecule has 0 aromatic carbocycles. The van der Waals surface area contributed by atoms with Crippen LogP contribution < -0.4 is 10.6 Å². The van der Waals surface area contributed by atoms with Crippen molar-refractivity contribution in [3.63, 3.8) is 0 Å². The summed E-state index contributed by atoms with van der Waals surface area (Å²) in [5, 5.41) is 6.24. The van der Waals surface area contributed by atoms with Crippen LogP contribution in [0.2, 0.25) is 0 Å². The lowest BCUT2D eigenvalue weighted by Gasteiger charge is -2.46. The highest BCUT2D eigenvalue weighted by molar-refractivity contribution is 5.86. The van der Waals surface area contributed by atoms with Gasteiger partial charge >= 0.3 is 6.03 Å². The molecule has 4 rings (SSSR count). The van der Waals surface area contributed by atoms with Crippen molar-refractivity contribution in [2.45, 2.75) is 69.9 Å². The minimum absolute atomic E-state index is 0.00106. The number of hydrogen-bond acceptors (Lipinski definition) is 2. The molecule has 0 bridgehead atoms. The highest BCUT2D eigenvalue weighted by atomic mass is 16.2. The van der Waals surface area contributed by atoms with Gasteiger partial charge in [-0.25, -0.2) is 4.79 Å². The minimum Gasteiger partial charge on any atom is -0.350 e. The molecule has 5 heteroatoms. The summed E-state index contributed by atoms with van der Waals surface area (Å²) in [5.74, 6) is 0.840. The van der Waals surface area contributed by atoms with Crippen molar-refractivity contribution >= 4 is 11.9 Å². The first-order chi connectivity index (χ1) is 10.7. The van der Waals surface area contributed by atoms with Gasteiger partial charge in [-0.1, -0.05) is 19.3 Å². The van der Waals surface area contributed by atoms with Crippen LogP contribution in [-0.4, -0.2) is 42.0 Å². The molecule has 1 heterocycles. The topological polar surface area (TPSA) is 61.4 Å². The van der Waals surface area contributed by atoms with E-state index in [9.17, 15) is 9.59 Å². The predicted octanol–water partition coefficient (Wildman–Crippen LogP) is 2.02. The SMILES string of the molecule is O=C1CN(C(=O)NCC2(C3CC3)CCC2)[C@@H]2CCCC[C@@H]2N1. The van der Waals surface area contributed by atoms with Gasteiger partial charge in [-0.2, -0.15) is 0 Å². The van der Waals surface area contributed by atoms with E-state index in [-0.39, 0.29) is 30.6 Å². The third kappa shape index (κ3) is 2.48. The van der Waals surface area contributed by atoms with Crippen LogP contribution in [0.3, 0.4) is 0 Å². The smallest absolute Gasteiger partial charge is 0.318 e. The highest BCUT2D eigenvalue weighted by Crippen LogP contribution is 2.56. The third-order valence-electron chi connectivity index (χ3n) is 6.44. The van der Waals surface area contributed by atoms with E-state index in [1.807, 2.05) is 4.90 Å². The van der Waals surface area contributed by atoms with Crippen molar-refractivity contribution in [2.24, 2.45) is 11.3 Å². The fourth-order valence-corrected chi connectivity index (χ4v) is 4.81. The molecule has 3 amide bonds. The molecule has 0 spiro atoms. The number of hydrogen-bond donors (Lipinski definition) is 2. The van der Waals surface area contributed by atoms with Crippen LogP contribution in [-0.2, 0) is 4.79 Å². The zero-order chi connectivity index (χ0) is 15.2. The lowest BCUT2D eigenvalue weighted by molar-refractivity contribution is -0.126. The van der Waals surface area contributed by atoms with Gasteiger partial charge in [0, 0.05) is 12.6 Å². The van der Waals surface area contributed by atoms with Gasteiger partial charge in [0.05, 0.1) is 6.04 Å². The van der Waals surface area contributed by atoms with E-state index < -0.39 is 0 Å². The summed E-state index contributed by atoms with van der Waals surface area (Å²) in [6, 6.07) is 0.352. The quantitative estimate of drug-likeness (QED) is 0.838. The van der Waals surface area contributed by atoms with E-state index >= 15 is 0 Å². The summed E-state index contributed by atoms with van der Waals surface area (Å²) in [7, 11) is 0. The van der Waals surface area contributed by atoms with Gasteiger partial charge in [-0.15, -0.1) is 0 Å². The second-order valence-electron chi connectivity index (χ2n) is 7.80. The predicted molar refractivity (Wildman–Crippen MR) is 83.3 cm³/mol. The number of carbonyl (C=O) groups excluding carboxylic acids is 2. The number of rotatable bonds is 3. The fourth-order valence-electron chi connectivity index (χ4n) is 4.81. The number of amides is 3. The van der Waals surface area contributed by atoms with E-state index in [0.717, 1.165) is 38.1 Å². The fraction of sp³-hybridized carbons (Fsp3) is 0.882. The lowest BCUT2D eigenvalue weighted by Crippen LogP contribution is -2.65. The largest absolute Gasteiger partial charge is 0.350 e. The van der Waals surface area contributed by atoms with Gasteiger partial charge < -0.3 is 15.5 Å². The molecule has 4 fully saturated rings. The van der Waals surface area contributed by atoms with Crippen LogP contribution in [0.4, 0.5) is 4.79 Å². The number of fused-ring (bicyclic) bond motifs is 1. The first-order valence-electron chi connectivity index (χ1n) is 9.02. The Balaban J connectivity index is 1.39. The van der Waals surface area contributed by atoms with Gasteiger partial charge in [-0.3, -0.25) is 4.79 Å².